The summed E-state index contributed by atoms with van der Waals surface area (Å²) in [6.45, 7) is 11.3. The van der Waals surface area contributed by atoms with Gasteiger partial charge in [0.1, 0.15) is 27.8 Å². The lowest BCUT2D eigenvalue weighted by Crippen LogP contribution is -2.42. The Morgan fingerprint density at radius 1 is 1.20 bits per heavy atom. The van der Waals surface area contributed by atoms with E-state index >= 15 is 8.78 Å². The maximum atomic E-state index is 16.1. The van der Waals surface area contributed by atoms with Crippen LogP contribution in [0.4, 0.5) is 8.78 Å². The minimum absolute atomic E-state index is 0.0467. The first-order valence-electron chi connectivity index (χ1n) is 14.5. The van der Waals surface area contributed by atoms with Gasteiger partial charge in [-0.3, -0.25) is 19.1 Å². The number of halogens is 2. The normalized spacial score (nSPS) is 17.2. The van der Waals surface area contributed by atoms with Gasteiger partial charge in [0.15, 0.2) is 15.7 Å². The third-order valence-electron chi connectivity index (χ3n) is 8.39. The fraction of sp³-hybridized carbons (Fsp3) is 0.333. The molecule has 1 N–H and O–H groups in total. The minimum atomic E-state index is -4.23. The first-order chi connectivity index (χ1) is 21.2. The van der Waals surface area contributed by atoms with Gasteiger partial charge in [0, 0.05) is 30.9 Å². The lowest BCUT2D eigenvalue weighted by molar-refractivity contribution is -0.127. The van der Waals surface area contributed by atoms with Crippen LogP contribution in [0.15, 0.2) is 58.9 Å². The van der Waals surface area contributed by atoms with Crippen LogP contribution in [0.25, 0.3) is 28.0 Å². The molecule has 1 aliphatic rings. The van der Waals surface area contributed by atoms with Crippen LogP contribution in [0.2, 0.25) is 0 Å². The number of piperidine rings is 1. The number of amides is 1. The number of phenolic OH excluding ortho intramolecular Hbond substituents is 1. The zero-order chi connectivity index (χ0) is 33.0. The van der Waals surface area contributed by atoms with E-state index in [-0.39, 0.29) is 59.5 Å². The van der Waals surface area contributed by atoms with E-state index in [1.165, 1.54) is 18.2 Å². The summed E-state index contributed by atoms with van der Waals surface area (Å²) < 4.78 is 59.4. The molecule has 0 spiro atoms. The summed E-state index contributed by atoms with van der Waals surface area (Å²) in [6, 6.07) is 6.22. The molecule has 3 aromatic heterocycles. The van der Waals surface area contributed by atoms with E-state index < -0.39 is 54.9 Å². The van der Waals surface area contributed by atoms with E-state index in [0.29, 0.717) is 11.3 Å². The molecule has 0 saturated carbocycles. The van der Waals surface area contributed by atoms with Crippen LogP contribution in [0.5, 0.6) is 5.75 Å². The maximum Gasteiger partial charge on any atom is 0.275 e. The average Bonchev–Trinajstić information content (AvgIpc) is 2.96. The number of fused-ring (bicyclic) bond motifs is 1. The Balaban J connectivity index is 1.98. The summed E-state index contributed by atoms with van der Waals surface area (Å²) in [5, 5.41) is 10.6. The van der Waals surface area contributed by atoms with Crippen molar-refractivity contribution in [2.24, 2.45) is 5.92 Å². The third-order valence-corrected chi connectivity index (χ3v) is 9.52. The summed E-state index contributed by atoms with van der Waals surface area (Å²) in [6.07, 6.45) is 3.98. The molecule has 1 saturated heterocycles. The van der Waals surface area contributed by atoms with Gasteiger partial charge in [0.05, 0.1) is 16.9 Å². The molecule has 1 aromatic carbocycles. The highest BCUT2D eigenvalue weighted by Gasteiger charge is 2.37. The monoisotopic (exact) mass is 636 g/mol. The zero-order valence-electron chi connectivity index (χ0n) is 25.6. The van der Waals surface area contributed by atoms with Gasteiger partial charge in [-0.05, 0) is 72.6 Å². The number of likely N-dealkylation sites (tertiary alicyclic amines) is 1. The number of benzene rings is 1. The van der Waals surface area contributed by atoms with Crippen LogP contribution < -0.4 is 5.56 Å². The van der Waals surface area contributed by atoms with Crippen LogP contribution >= 0.6 is 0 Å². The molecule has 2 atom stereocenters. The highest BCUT2D eigenvalue weighted by atomic mass is 32.2. The standard InChI is InChI=1S/C33H34F2N4O5S/c1-7-25(41)38-14-12-20(19(5)16-38)26-21-15-23(35)29(27-22(34)9-8-10-24(27)40)37-32(21)39(33(42)31(26)45(6,43)44)30-18(4)11-13-36-28(30)17(2)3/h7-11,13,15,17,19-20,40H,1,12,14,16H2,2-6H3/t19-,20?/m0/s1. The Bertz CT molecular complexity index is 2020. The van der Waals surface area contributed by atoms with Crippen LogP contribution in [-0.2, 0) is 14.6 Å². The molecule has 12 heteroatoms. The van der Waals surface area contributed by atoms with Gasteiger partial charge in [-0.25, -0.2) is 22.2 Å². The molecule has 1 aliphatic heterocycles. The first-order valence-corrected chi connectivity index (χ1v) is 16.4. The van der Waals surface area contributed by atoms with Crippen molar-refractivity contribution in [3.05, 3.63) is 88.0 Å². The van der Waals surface area contributed by atoms with E-state index in [0.717, 1.165) is 23.0 Å². The molecular weight excluding hydrogens is 602 g/mol. The van der Waals surface area contributed by atoms with Gasteiger partial charge >= 0.3 is 0 Å². The van der Waals surface area contributed by atoms with Crippen molar-refractivity contribution in [1.82, 2.24) is 19.4 Å². The predicted molar refractivity (Wildman–Crippen MR) is 167 cm³/mol. The number of pyridine rings is 3. The molecule has 4 aromatic rings. The number of carbonyl (C=O) groups is 1. The summed E-state index contributed by atoms with van der Waals surface area (Å²) in [7, 11) is -4.23. The SMILES string of the molecule is C=CC(=O)N1CCC(c2c(S(C)(=O)=O)c(=O)n(-c3c(C)ccnc3C(C)C)c3nc(-c4c(O)cccc4F)c(F)cc23)[C@@H](C)C1. The van der Waals surface area contributed by atoms with Crippen LogP contribution in [-0.4, -0.2) is 58.2 Å². The second-order valence-electron chi connectivity index (χ2n) is 11.9. The Labute approximate surface area is 259 Å². The number of rotatable bonds is 6. The maximum absolute atomic E-state index is 16.1. The first kappa shape index (κ1) is 32.0. The van der Waals surface area contributed by atoms with Gasteiger partial charge in [0.2, 0.25) is 5.91 Å². The number of nitrogens with zero attached hydrogens (tertiary/aromatic N) is 4. The average molecular weight is 637 g/mol. The summed E-state index contributed by atoms with van der Waals surface area (Å²) in [5.74, 6) is -3.93. The quantitative estimate of drug-likeness (QED) is 0.281. The number of hydrogen-bond donors (Lipinski definition) is 1. The number of aryl methyl sites for hydroxylation is 1. The van der Waals surface area contributed by atoms with Gasteiger partial charge < -0.3 is 10.0 Å². The summed E-state index contributed by atoms with van der Waals surface area (Å²) in [5.41, 5.74) is -0.644. The Morgan fingerprint density at radius 3 is 2.51 bits per heavy atom. The number of aromatic nitrogens is 3. The number of hydrogen-bond acceptors (Lipinski definition) is 7. The number of carbonyl (C=O) groups excluding carboxylic acids is 1. The van der Waals surface area contributed by atoms with Crippen molar-refractivity contribution in [1.29, 1.82) is 0 Å². The molecule has 0 aliphatic carbocycles. The molecular formula is C33H34F2N4O5S. The summed E-state index contributed by atoms with van der Waals surface area (Å²) >= 11 is 0. The molecule has 9 nitrogen and oxygen atoms in total. The zero-order valence-corrected chi connectivity index (χ0v) is 26.5. The highest BCUT2D eigenvalue weighted by Crippen LogP contribution is 2.42. The lowest BCUT2D eigenvalue weighted by atomic mass is 9.80. The van der Waals surface area contributed by atoms with E-state index in [4.69, 9.17) is 0 Å². The summed E-state index contributed by atoms with van der Waals surface area (Å²) in [4.78, 5) is 37.1. The Kier molecular flexibility index (Phi) is 8.39. The van der Waals surface area contributed by atoms with E-state index in [1.807, 2.05) is 20.8 Å². The molecule has 0 radical (unpaired) electrons. The number of sulfone groups is 1. The van der Waals surface area contributed by atoms with Gasteiger partial charge in [0.25, 0.3) is 5.56 Å². The van der Waals surface area contributed by atoms with E-state index in [2.05, 4.69) is 16.5 Å². The topological polar surface area (TPSA) is 122 Å². The van der Waals surface area contributed by atoms with Crippen molar-refractivity contribution in [3.8, 4) is 22.7 Å². The largest absolute Gasteiger partial charge is 0.507 e. The Hall–Kier alpha value is -4.45. The van der Waals surface area contributed by atoms with Gasteiger partial charge in [-0.2, -0.15) is 0 Å². The van der Waals surface area contributed by atoms with Crippen molar-refractivity contribution < 1.29 is 27.1 Å². The van der Waals surface area contributed by atoms with Crippen molar-refractivity contribution in [3.63, 3.8) is 0 Å². The van der Waals surface area contributed by atoms with Crippen molar-refractivity contribution in [2.75, 3.05) is 19.3 Å². The smallest absolute Gasteiger partial charge is 0.275 e. The molecule has 0 bridgehead atoms. The molecule has 236 valence electrons. The predicted octanol–water partition coefficient (Wildman–Crippen LogP) is 5.40. The molecule has 1 amide bonds. The Morgan fingerprint density at radius 2 is 1.91 bits per heavy atom. The minimum Gasteiger partial charge on any atom is -0.507 e. The molecule has 1 unspecified atom stereocenters. The third kappa shape index (κ3) is 5.52. The van der Waals surface area contributed by atoms with Gasteiger partial charge in [-0.15, -0.1) is 0 Å². The number of aromatic hydroxyl groups is 1. The van der Waals surface area contributed by atoms with Crippen molar-refractivity contribution in [2.45, 2.75) is 50.8 Å². The second kappa shape index (κ2) is 11.8. The van der Waals surface area contributed by atoms with Gasteiger partial charge in [-0.1, -0.05) is 33.4 Å². The fourth-order valence-electron chi connectivity index (χ4n) is 6.33. The highest BCUT2D eigenvalue weighted by molar-refractivity contribution is 7.90. The molecule has 45 heavy (non-hydrogen) atoms. The second-order valence-corrected chi connectivity index (χ2v) is 13.8. The van der Waals surface area contributed by atoms with E-state index in [1.54, 1.807) is 24.1 Å². The van der Waals surface area contributed by atoms with E-state index in [9.17, 15) is 23.1 Å². The molecule has 1 fully saturated rings. The van der Waals surface area contributed by atoms with Crippen LogP contribution in [0.3, 0.4) is 0 Å². The number of phenols is 1. The van der Waals surface area contributed by atoms with Crippen LogP contribution in [0, 0.1) is 24.5 Å². The van der Waals surface area contributed by atoms with Crippen LogP contribution in [0.1, 0.15) is 55.8 Å². The molecule has 4 heterocycles. The fourth-order valence-corrected chi connectivity index (χ4v) is 7.40. The lowest BCUT2D eigenvalue weighted by Gasteiger charge is -2.38. The van der Waals surface area contributed by atoms with Crippen molar-refractivity contribution >= 4 is 26.8 Å². The molecule has 5 rings (SSSR count).